The number of hydrogen-bond acceptors (Lipinski definition) is 3. The van der Waals surface area contributed by atoms with Crippen LogP contribution in [0, 0.1) is 0 Å². The zero-order valence-corrected chi connectivity index (χ0v) is 13.7. The van der Waals surface area contributed by atoms with E-state index in [1.165, 1.54) is 24.8 Å². The van der Waals surface area contributed by atoms with Gasteiger partial charge in [-0.15, -0.1) is 0 Å². The van der Waals surface area contributed by atoms with Crippen LogP contribution >= 0.6 is 0 Å². The number of methoxy groups -OCH3 is 1. The van der Waals surface area contributed by atoms with E-state index >= 15 is 0 Å². The lowest BCUT2D eigenvalue weighted by molar-refractivity contribution is 0.107. The topological polar surface area (TPSA) is 38.5 Å². The SMILES string of the molecule is CCCN(C1CCC(N)CC1)C(C)c1cccc(OC)c1. The molecule has 1 aliphatic carbocycles. The molecule has 0 amide bonds. The van der Waals surface area contributed by atoms with Gasteiger partial charge in [0, 0.05) is 18.1 Å². The number of hydrogen-bond donors (Lipinski definition) is 1. The lowest BCUT2D eigenvalue weighted by Gasteiger charge is -2.40. The average molecular weight is 290 g/mol. The summed E-state index contributed by atoms with van der Waals surface area (Å²) in [6.45, 7) is 5.73. The molecule has 0 heterocycles. The van der Waals surface area contributed by atoms with Crippen molar-refractivity contribution >= 4 is 0 Å². The largest absolute Gasteiger partial charge is 0.497 e. The molecule has 3 nitrogen and oxygen atoms in total. The fourth-order valence-corrected chi connectivity index (χ4v) is 3.48. The molecule has 0 spiro atoms. The van der Waals surface area contributed by atoms with Crippen molar-refractivity contribution in [2.75, 3.05) is 13.7 Å². The van der Waals surface area contributed by atoms with Gasteiger partial charge in [-0.05, 0) is 63.3 Å². The number of nitrogens with two attached hydrogens (primary N) is 1. The average Bonchev–Trinajstić information content (AvgIpc) is 2.53. The third-order valence-electron chi connectivity index (χ3n) is 4.77. The quantitative estimate of drug-likeness (QED) is 0.867. The Morgan fingerprint density at radius 3 is 2.62 bits per heavy atom. The predicted molar refractivity (Wildman–Crippen MR) is 88.6 cm³/mol. The monoisotopic (exact) mass is 290 g/mol. The van der Waals surface area contributed by atoms with Crippen LogP contribution in [-0.4, -0.2) is 30.6 Å². The predicted octanol–water partition coefficient (Wildman–Crippen LogP) is 3.74. The van der Waals surface area contributed by atoms with Gasteiger partial charge in [0.1, 0.15) is 5.75 Å². The Bertz CT molecular complexity index is 427. The fraction of sp³-hybridized carbons (Fsp3) is 0.667. The zero-order chi connectivity index (χ0) is 15.2. The van der Waals surface area contributed by atoms with Gasteiger partial charge in [-0.3, -0.25) is 4.90 Å². The van der Waals surface area contributed by atoms with E-state index in [9.17, 15) is 0 Å². The van der Waals surface area contributed by atoms with Crippen molar-refractivity contribution in [3.05, 3.63) is 29.8 Å². The van der Waals surface area contributed by atoms with Crippen LogP contribution in [-0.2, 0) is 0 Å². The van der Waals surface area contributed by atoms with Gasteiger partial charge in [0.25, 0.3) is 0 Å². The minimum Gasteiger partial charge on any atom is -0.497 e. The first-order chi connectivity index (χ1) is 10.2. The van der Waals surface area contributed by atoms with Crippen LogP contribution in [0.4, 0.5) is 0 Å². The van der Waals surface area contributed by atoms with Crippen molar-refractivity contribution in [2.45, 2.75) is 64.1 Å². The summed E-state index contributed by atoms with van der Waals surface area (Å²) in [6.07, 6.45) is 5.98. The fourth-order valence-electron chi connectivity index (χ4n) is 3.48. The molecule has 0 radical (unpaired) electrons. The highest BCUT2D eigenvalue weighted by atomic mass is 16.5. The molecule has 1 fully saturated rings. The highest BCUT2D eigenvalue weighted by Crippen LogP contribution is 2.31. The molecule has 0 saturated heterocycles. The van der Waals surface area contributed by atoms with E-state index in [1.807, 2.05) is 6.07 Å². The maximum atomic E-state index is 6.06. The summed E-state index contributed by atoms with van der Waals surface area (Å²) in [4.78, 5) is 2.67. The lowest BCUT2D eigenvalue weighted by Crippen LogP contribution is -2.42. The molecule has 0 aliphatic heterocycles. The molecule has 1 aliphatic rings. The van der Waals surface area contributed by atoms with Gasteiger partial charge >= 0.3 is 0 Å². The smallest absolute Gasteiger partial charge is 0.119 e. The Kier molecular flexibility index (Phi) is 6.07. The minimum absolute atomic E-state index is 0.414. The second-order valence-corrected chi connectivity index (χ2v) is 6.26. The van der Waals surface area contributed by atoms with Crippen molar-refractivity contribution in [3.63, 3.8) is 0 Å². The molecule has 21 heavy (non-hydrogen) atoms. The van der Waals surface area contributed by atoms with E-state index in [0.717, 1.165) is 25.1 Å². The highest BCUT2D eigenvalue weighted by molar-refractivity contribution is 5.30. The Labute approximate surface area is 129 Å². The van der Waals surface area contributed by atoms with Crippen molar-refractivity contribution in [1.82, 2.24) is 4.90 Å². The maximum absolute atomic E-state index is 6.06. The molecular formula is C18H30N2O. The Morgan fingerprint density at radius 2 is 2.00 bits per heavy atom. The summed E-state index contributed by atoms with van der Waals surface area (Å²) in [6, 6.07) is 10.00. The van der Waals surface area contributed by atoms with Gasteiger partial charge in [0.05, 0.1) is 7.11 Å². The van der Waals surface area contributed by atoms with Gasteiger partial charge in [0.15, 0.2) is 0 Å². The zero-order valence-electron chi connectivity index (χ0n) is 13.7. The molecule has 118 valence electrons. The van der Waals surface area contributed by atoms with Gasteiger partial charge in [-0.1, -0.05) is 19.1 Å². The van der Waals surface area contributed by atoms with Gasteiger partial charge < -0.3 is 10.5 Å². The number of rotatable bonds is 6. The molecule has 1 atom stereocenters. The third kappa shape index (κ3) is 4.21. The van der Waals surface area contributed by atoms with E-state index in [2.05, 4.69) is 36.9 Å². The molecule has 1 saturated carbocycles. The molecule has 3 heteroatoms. The number of benzene rings is 1. The third-order valence-corrected chi connectivity index (χ3v) is 4.77. The van der Waals surface area contributed by atoms with Crippen LogP contribution in [0.15, 0.2) is 24.3 Å². The van der Waals surface area contributed by atoms with Crippen LogP contribution in [0.1, 0.15) is 57.6 Å². The first-order valence-corrected chi connectivity index (χ1v) is 8.31. The molecule has 2 rings (SSSR count). The maximum Gasteiger partial charge on any atom is 0.119 e. The second-order valence-electron chi connectivity index (χ2n) is 6.26. The summed E-state index contributed by atoms with van der Waals surface area (Å²) < 4.78 is 5.37. The molecule has 1 aromatic carbocycles. The Balaban J connectivity index is 2.12. The summed E-state index contributed by atoms with van der Waals surface area (Å²) >= 11 is 0. The van der Waals surface area contributed by atoms with Gasteiger partial charge in [-0.25, -0.2) is 0 Å². The lowest BCUT2D eigenvalue weighted by atomic mass is 9.89. The van der Waals surface area contributed by atoms with E-state index in [4.69, 9.17) is 10.5 Å². The summed E-state index contributed by atoms with van der Waals surface area (Å²) in [5.74, 6) is 0.946. The van der Waals surface area contributed by atoms with Crippen LogP contribution in [0.25, 0.3) is 0 Å². The summed E-state index contributed by atoms with van der Waals surface area (Å²) in [7, 11) is 1.73. The van der Waals surface area contributed by atoms with Crippen molar-refractivity contribution in [3.8, 4) is 5.75 Å². The molecule has 2 N–H and O–H groups in total. The van der Waals surface area contributed by atoms with E-state index in [0.29, 0.717) is 18.1 Å². The molecule has 0 aromatic heterocycles. The highest BCUT2D eigenvalue weighted by Gasteiger charge is 2.27. The van der Waals surface area contributed by atoms with Crippen LogP contribution in [0.2, 0.25) is 0 Å². The molecule has 0 bridgehead atoms. The van der Waals surface area contributed by atoms with Gasteiger partial charge in [-0.2, -0.15) is 0 Å². The normalized spacial score (nSPS) is 24.0. The van der Waals surface area contributed by atoms with Crippen molar-refractivity contribution in [2.24, 2.45) is 5.73 Å². The molecule has 1 aromatic rings. The first kappa shape index (κ1) is 16.3. The second kappa shape index (κ2) is 7.81. The van der Waals surface area contributed by atoms with Gasteiger partial charge in [0.2, 0.25) is 0 Å². The standard InChI is InChI=1S/C18H30N2O/c1-4-12-20(17-10-8-16(19)9-11-17)14(2)15-6-5-7-18(13-15)21-3/h5-7,13-14,16-17H,4,8-12,19H2,1-3H3. The summed E-state index contributed by atoms with van der Waals surface area (Å²) in [5, 5.41) is 0. The first-order valence-electron chi connectivity index (χ1n) is 8.31. The summed E-state index contributed by atoms with van der Waals surface area (Å²) in [5.41, 5.74) is 7.41. The van der Waals surface area contributed by atoms with E-state index < -0.39 is 0 Å². The Morgan fingerprint density at radius 1 is 1.29 bits per heavy atom. The number of ether oxygens (including phenoxy) is 1. The molecular weight excluding hydrogens is 260 g/mol. The van der Waals surface area contributed by atoms with Crippen molar-refractivity contribution < 1.29 is 4.74 Å². The van der Waals surface area contributed by atoms with Crippen LogP contribution < -0.4 is 10.5 Å². The minimum atomic E-state index is 0.414. The van der Waals surface area contributed by atoms with Crippen molar-refractivity contribution in [1.29, 1.82) is 0 Å². The van der Waals surface area contributed by atoms with E-state index in [1.54, 1.807) is 7.11 Å². The van der Waals surface area contributed by atoms with E-state index in [-0.39, 0.29) is 0 Å². The van der Waals surface area contributed by atoms with Crippen LogP contribution in [0.3, 0.4) is 0 Å². The molecule has 1 unspecified atom stereocenters. The number of nitrogens with zero attached hydrogens (tertiary/aromatic N) is 1. The Hall–Kier alpha value is -1.06. The van der Waals surface area contributed by atoms with Crippen LogP contribution in [0.5, 0.6) is 5.75 Å².